The van der Waals surface area contributed by atoms with Gasteiger partial charge in [-0.05, 0) is 64.2 Å². The minimum absolute atomic E-state index is 0.179. The summed E-state index contributed by atoms with van der Waals surface area (Å²) in [5.74, 6) is -0.0724. The number of hydrogen-bond acceptors (Lipinski definition) is 1. The molecule has 2 fully saturated rings. The van der Waals surface area contributed by atoms with E-state index in [9.17, 15) is 0 Å². The SMILES string of the molecule is C=CC(F)(C1CC2CC1CC2OC(C)(C)C)C(F)(CC)C(C)C. The smallest absolute Gasteiger partial charge is 0.165 e. The molecule has 0 spiro atoms. The third-order valence-electron chi connectivity index (χ3n) is 6.20. The van der Waals surface area contributed by atoms with E-state index < -0.39 is 11.3 Å². The number of ether oxygens (including phenoxy) is 1. The lowest BCUT2D eigenvalue weighted by atomic mass is 9.65. The van der Waals surface area contributed by atoms with E-state index in [4.69, 9.17) is 4.74 Å². The van der Waals surface area contributed by atoms with Gasteiger partial charge in [-0.1, -0.05) is 33.4 Å². The Labute approximate surface area is 140 Å². The molecule has 0 aliphatic heterocycles. The third kappa shape index (κ3) is 3.10. The lowest BCUT2D eigenvalue weighted by molar-refractivity contribution is -0.119. The van der Waals surface area contributed by atoms with Gasteiger partial charge in [0.15, 0.2) is 11.3 Å². The molecule has 0 N–H and O–H groups in total. The van der Waals surface area contributed by atoms with Crippen LogP contribution in [0, 0.1) is 23.7 Å². The van der Waals surface area contributed by atoms with Gasteiger partial charge in [0.2, 0.25) is 0 Å². The Balaban J connectivity index is 2.20. The first kappa shape index (κ1) is 18.9. The first-order valence-electron chi connectivity index (χ1n) is 9.17. The van der Waals surface area contributed by atoms with Crippen LogP contribution < -0.4 is 0 Å². The second-order valence-corrected chi connectivity index (χ2v) is 8.95. The Morgan fingerprint density at radius 1 is 1.13 bits per heavy atom. The Kier molecular flexibility index (Phi) is 5.03. The average molecular weight is 328 g/mol. The summed E-state index contributed by atoms with van der Waals surface area (Å²) < 4.78 is 37.6. The second-order valence-electron chi connectivity index (χ2n) is 8.95. The van der Waals surface area contributed by atoms with Gasteiger partial charge in [0.1, 0.15) is 0 Å². The molecule has 0 aromatic carbocycles. The normalized spacial score (nSPS) is 36.0. The van der Waals surface area contributed by atoms with E-state index >= 15 is 8.78 Å². The van der Waals surface area contributed by atoms with E-state index in [1.165, 1.54) is 6.08 Å². The summed E-state index contributed by atoms with van der Waals surface area (Å²) in [4.78, 5) is 0. The molecule has 0 amide bonds. The molecule has 0 heterocycles. The third-order valence-corrected chi connectivity index (χ3v) is 6.20. The quantitative estimate of drug-likeness (QED) is 0.553. The molecule has 2 rings (SSSR count). The Bertz CT molecular complexity index is 441. The number of allylic oxidation sites excluding steroid dienone is 1. The Morgan fingerprint density at radius 2 is 1.74 bits per heavy atom. The van der Waals surface area contributed by atoms with Gasteiger partial charge in [-0.15, -0.1) is 0 Å². The van der Waals surface area contributed by atoms with Crippen LogP contribution in [0.25, 0.3) is 0 Å². The van der Waals surface area contributed by atoms with Gasteiger partial charge in [-0.25, -0.2) is 8.78 Å². The maximum atomic E-state index is 15.9. The molecule has 134 valence electrons. The lowest BCUT2D eigenvalue weighted by Gasteiger charge is -2.47. The van der Waals surface area contributed by atoms with Gasteiger partial charge in [-0.3, -0.25) is 0 Å². The van der Waals surface area contributed by atoms with Crippen LogP contribution in [0.5, 0.6) is 0 Å². The minimum atomic E-state index is -1.94. The van der Waals surface area contributed by atoms with Crippen molar-refractivity contribution in [3.05, 3.63) is 12.7 Å². The zero-order valence-electron chi connectivity index (χ0n) is 15.7. The lowest BCUT2D eigenvalue weighted by Crippen LogP contribution is -2.56. The molecular formula is C20H34F2O. The highest BCUT2D eigenvalue weighted by atomic mass is 19.2. The fraction of sp³-hybridized carbons (Fsp3) is 0.900. The van der Waals surface area contributed by atoms with Crippen LogP contribution in [0.4, 0.5) is 8.78 Å². The zero-order chi connectivity index (χ0) is 17.6. The predicted molar refractivity (Wildman–Crippen MR) is 92.0 cm³/mol. The highest BCUT2D eigenvalue weighted by molar-refractivity contribution is 5.19. The van der Waals surface area contributed by atoms with Gasteiger partial charge in [0.25, 0.3) is 0 Å². The van der Waals surface area contributed by atoms with Crippen LogP contribution in [0.2, 0.25) is 0 Å². The average Bonchev–Trinajstić information content (AvgIpc) is 3.03. The van der Waals surface area contributed by atoms with Crippen LogP contribution in [-0.4, -0.2) is 23.0 Å². The molecule has 2 saturated carbocycles. The fourth-order valence-electron chi connectivity index (χ4n) is 5.09. The molecular weight excluding hydrogens is 294 g/mol. The van der Waals surface area contributed by atoms with Gasteiger partial charge in [0, 0.05) is 5.92 Å². The molecule has 1 nitrogen and oxygen atoms in total. The van der Waals surface area contributed by atoms with E-state index in [0.29, 0.717) is 12.3 Å². The summed E-state index contributed by atoms with van der Waals surface area (Å²) in [6.45, 7) is 15.2. The molecule has 3 heteroatoms. The fourth-order valence-corrected chi connectivity index (χ4v) is 5.09. The number of rotatable bonds is 6. The van der Waals surface area contributed by atoms with Crippen LogP contribution >= 0.6 is 0 Å². The molecule has 23 heavy (non-hydrogen) atoms. The van der Waals surface area contributed by atoms with Crippen molar-refractivity contribution in [2.24, 2.45) is 23.7 Å². The van der Waals surface area contributed by atoms with Crippen molar-refractivity contribution in [3.8, 4) is 0 Å². The molecule has 6 unspecified atom stereocenters. The predicted octanol–water partition coefficient (Wildman–Crippen LogP) is 5.88. The highest BCUT2D eigenvalue weighted by Gasteiger charge is 2.63. The van der Waals surface area contributed by atoms with Crippen molar-refractivity contribution in [1.29, 1.82) is 0 Å². The van der Waals surface area contributed by atoms with E-state index in [-0.39, 0.29) is 35.9 Å². The molecule has 6 atom stereocenters. The van der Waals surface area contributed by atoms with E-state index in [0.717, 1.165) is 12.8 Å². The number of halogens is 2. The summed E-state index contributed by atoms with van der Waals surface area (Å²) in [6.07, 6.45) is 4.17. The van der Waals surface area contributed by atoms with Gasteiger partial charge in [0.05, 0.1) is 11.7 Å². The van der Waals surface area contributed by atoms with Crippen LogP contribution in [0.3, 0.4) is 0 Å². The molecule has 2 bridgehead atoms. The Hall–Kier alpha value is -0.440. The minimum Gasteiger partial charge on any atom is -0.372 e. The Morgan fingerprint density at radius 3 is 2.09 bits per heavy atom. The van der Waals surface area contributed by atoms with Crippen molar-refractivity contribution < 1.29 is 13.5 Å². The molecule has 0 aromatic rings. The monoisotopic (exact) mass is 328 g/mol. The summed E-state index contributed by atoms with van der Waals surface area (Å²) in [5.41, 5.74) is -3.96. The standard InChI is InChI=1S/C20H34F2O/c1-8-19(21,13(3)4)20(22,9-2)16-11-15-10-14(16)12-17(15)23-18(5,6)7/h9,13-17H,2,8,10-12H2,1,3-7H3. The van der Waals surface area contributed by atoms with Gasteiger partial charge in [-0.2, -0.15) is 0 Å². The van der Waals surface area contributed by atoms with Crippen molar-refractivity contribution in [2.75, 3.05) is 0 Å². The molecule has 0 aromatic heterocycles. The van der Waals surface area contributed by atoms with Crippen LogP contribution in [-0.2, 0) is 4.74 Å². The maximum absolute atomic E-state index is 15.9. The maximum Gasteiger partial charge on any atom is 0.165 e. The summed E-state index contributed by atoms with van der Waals surface area (Å²) >= 11 is 0. The van der Waals surface area contributed by atoms with E-state index in [1.54, 1.807) is 20.8 Å². The number of hydrogen-bond donors (Lipinski definition) is 0. The first-order chi connectivity index (χ1) is 10.5. The number of fused-ring (bicyclic) bond motifs is 2. The van der Waals surface area contributed by atoms with Crippen LogP contribution in [0.1, 0.15) is 67.2 Å². The topological polar surface area (TPSA) is 9.23 Å². The molecule has 0 radical (unpaired) electrons. The first-order valence-corrected chi connectivity index (χ1v) is 9.17. The summed E-state index contributed by atoms with van der Waals surface area (Å²) in [6, 6.07) is 0. The van der Waals surface area contributed by atoms with Crippen molar-refractivity contribution in [1.82, 2.24) is 0 Å². The van der Waals surface area contributed by atoms with Crippen molar-refractivity contribution >= 4 is 0 Å². The van der Waals surface area contributed by atoms with E-state index in [2.05, 4.69) is 27.4 Å². The molecule has 2 aliphatic carbocycles. The van der Waals surface area contributed by atoms with Crippen LogP contribution in [0.15, 0.2) is 12.7 Å². The highest BCUT2D eigenvalue weighted by Crippen LogP contribution is 2.59. The summed E-state index contributed by atoms with van der Waals surface area (Å²) in [5, 5.41) is 0. The second kappa shape index (κ2) is 6.13. The van der Waals surface area contributed by atoms with Gasteiger partial charge >= 0.3 is 0 Å². The zero-order valence-corrected chi connectivity index (χ0v) is 15.7. The van der Waals surface area contributed by atoms with Crippen molar-refractivity contribution in [3.63, 3.8) is 0 Å². The van der Waals surface area contributed by atoms with Gasteiger partial charge < -0.3 is 4.74 Å². The molecule has 2 aliphatic rings. The van der Waals surface area contributed by atoms with E-state index in [1.807, 2.05) is 0 Å². The number of alkyl halides is 2. The molecule has 0 saturated heterocycles. The van der Waals surface area contributed by atoms with Crippen molar-refractivity contribution in [2.45, 2.75) is 90.3 Å². The largest absolute Gasteiger partial charge is 0.372 e. The summed E-state index contributed by atoms with van der Waals surface area (Å²) in [7, 11) is 0.